The first-order valence-corrected chi connectivity index (χ1v) is 9.58. The molecular weight excluding hydrogens is 316 g/mol. The van der Waals surface area contributed by atoms with E-state index in [1.807, 2.05) is 29.9 Å². The molecule has 3 saturated heterocycles. The Labute approximate surface area is 150 Å². The van der Waals surface area contributed by atoms with Crippen LogP contribution in [0.15, 0.2) is 18.3 Å². The highest BCUT2D eigenvalue weighted by Gasteiger charge is 2.43. The molecule has 0 N–H and O–H groups in total. The van der Waals surface area contributed by atoms with Crippen molar-refractivity contribution >= 4 is 5.91 Å². The minimum Gasteiger partial charge on any atom is -0.376 e. The molecule has 138 valence electrons. The zero-order valence-corrected chi connectivity index (χ0v) is 15.4. The molecule has 6 heteroatoms. The number of rotatable bonds is 2. The van der Waals surface area contributed by atoms with Crippen LogP contribution in [-0.2, 0) is 11.8 Å². The molecule has 4 heterocycles. The summed E-state index contributed by atoms with van der Waals surface area (Å²) in [6, 6.07) is 4.20. The molecule has 1 aromatic heterocycles. The van der Waals surface area contributed by atoms with Crippen LogP contribution in [0.1, 0.15) is 23.3 Å². The van der Waals surface area contributed by atoms with Gasteiger partial charge in [0.25, 0.3) is 5.91 Å². The highest BCUT2D eigenvalue weighted by Crippen LogP contribution is 2.32. The number of aromatic nitrogens is 1. The SMILES string of the molecule is CN1CCN([C@@H]2CN(C(=O)c3cccn3C)C[C@@H]3CCCO[C@@H]32)CC1. The van der Waals surface area contributed by atoms with Crippen LogP contribution in [0.5, 0.6) is 0 Å². The van der Waals surface area contributed by atoms with Gasteiger partial charge in [0.15, 0.2) is 0 Å². The molecule has 1 amide bonds. The Balaban J connectivity index is 1.54. The number of aryl methyl sites for hydroxylation is 1. The number of carbonyl (C=O) groups is 1. The molecule has 4 rings (SSSR count). The molecule has 0 aromatic carbocycles. The quantitative estimate of drug-likeness (QED) is 0.798. The molecule has 0 saturated carbocycles. The molecular formula is C19H30N4O2. The van der Waals surface area contributed by atoms with Crippen molar-refractivity contribution < 1.29 is 9.53 Å². The molecule has 25 heavy (non-hydrogen) atoms. The van der Waals surface area contributed by atoms with Crippen LogP contribution in [0.25, 0.3) is 0 Å². The van der Waals surface area contributed by atoms with Gasteiger partial charge in [-0.25, -0.2) is 0 Å². The van der Waals surface area contributed by atoms with E-state index in [0.29, 0.717) is 12.0 Å². The molecule has 0 unspecified atom stereocenters. The number of likely N-dealkylation sites (tertiary alicyclic amines) is 1. The lowest BCUT2D eigenvalue weighted by molar-refractivity contribution is -0.113. The van der Waals surface area contributed by atoms with Gasteiger partial charge < -0.3 is 19.1 Å². The van der Waals surface area contributed by atoms with Gasteiger partial charge in [0.2, 0.25) is 0 Å². The third kappa shape index (κ3) is 3.35. The Kier molecular flexibility index (Phi) is 4.84. The van der Waals surface area contributed by atoms with Gasteiger partial charge in [-0.1, -0.05) is 0 Å². The minimum absolute atomic E-state index is 0.163. The smallest absolute Gasteiger partial charge is 0.270 e. The van der Waals surface area contributed by atoms with Crippen LogP contribution in [-0.4, -0.2) is 90.2 Å². The van der Waals surface area contributed by atoms with Crippen molar-refractivity contribution in [1.82, 2.24) is 19.3 Å². The number of hydrogen-bond donors (Lipinski definition) is 0. The Hall–Kier alpha value is -1.37. The zero-order valence-electron chi connectivity index (χ0n) is 15.4. The third-order valence-electron chi connectivity index (χ3n) is 6.19. The van der Waals surface area contributed by atoms with E-state index in [4.69, 9.17) is 4.74 Å². The maximum absolute atomic E-state index is 13.1. The van der Waals surface area contributed by atoms with Crippen molar-refractivity contribution in [1.29, 1.82) is 0 Å². The molecule has 3 fully saturated rings. The van der Waals surface area contributed by atoms with Gasteiger partial charge in [0.1, 0.15) is 5.69 Å². The second-order valence-electron chi connectivity index (χ2n) is 7.86. The summed E-state index contributed by atoms with van der Waals surface area (Å²) in [6.07, 6.45) is 4.52. The first-order valence-electron chi connectivity index (χ1n) is 9.58. The Morgan fingerprint density at radius 2 is 1.96 bits per heavy atom. The molecule has 6 nitrogen and oxygen atoms in total. The monoisotopic (exact) mass is 346 g/mol. The Morgan fingerprint density at radius 1 is 1.16 bits per heavy atom. The van der Waals surface area contributed by atoms with Crippen LogP contribution in [0.4, 0.5) is 0 Å². The summed E-state index contributed by atoms with van der Waals surface area (Å²) >= 11 is 0. The van der Waals surface area contributed by atoms with E-state index in [1.54, 1.807) is 0 Å². The van der Waals surface area contributed by atoms with Crippen LogP contribution in [0.2, 0.25) is 0 Å². The molecule has 3 aliphatic rings. The number of hydrogen-bond acceptors (Lipinski definition) is 4. The largest absolute Gasteiger partial charge is 0.376 e. The summed E-state index contributed by atoms with van der Waals surface area (Å²) in [4.78, 5) is 20.1. The zero-order chi connectivity index (χ0) is 17.4. The lowest BCUT2D eigenvalue weighted by Gasteiger charge is -2.50. The normalized spacial score (nSPS) is 31.8. The van der Waals surface area contributed by atoms with Gasteiger partial charge in [0.05, 0.1) is 12.1 Å². The fourth-order valence-corrected chi connectivity index (χ4v) is 4.66. The van der Waals surface area contributed by atoms with Gasteiger partial charge in [-0.05, 0) is 32.0 Å². The number of carbonyl (C=O) groups excluding carboxylic acids is 1. The lowest BCUT2D eigenvalue weighted by Crippen LogP contribution is -2.64. The van der Waals surface area contributed by atoms with Crippen molar-refractivity contribution in [3.05, 3.63) is 24.0 Å². The third-order valence-corrected chi connectivity index (χ3v) is 6.19. The van der Waals surface area contributed by atoms with Gasteiger partial charge in [-0.15, -0.1) is 0 Å². The Morgan fingerprint density at radius 3 is 2.68 bits per heavy atom. The lowest BCUT2D eigenvalue weighted by atomic mass is 9.84. The highest BCUT2D eigenvalue weighted by atomic mass is 16.5. The number of piperazine rings is 1. The van der Waals surface area contributed by atoms with Crippen molar-refractivity contribution in [2.24, 2.45) is 13.0 Å². The number of likely N-dealkylation sites (N-methyl/N-ethyl adjacent to an activating group) is 1. The fraction of sp³-hybridized carbons (Fsp3) is 0.737. The number of piperidine rings is 1. The van der Waals surface area contributed by atoms with E-state index in [9.17, 15) is 4.79 Å². The summed E-state index contributed by atoms with van der Waals surface area (Å²) in [5.41, 5.74) is 0.785. The number of amides is 1. The second-order valence-corrected chi connectivity index (χ2v) is 7.86. The standard InChI is InChI=1S/C19H30N4O2/c1-20-8-10-22(11-9-20)17-14-23(13-15-5-4-12-25-18(15)17)19(24)16-6-3-7-21(16)2/h3,6-7,15,17-18H,4-5,8-14H2,1-2H3/t15-,17+,18-/m0/s1. The van der Waals surface area contributed by atoms with E-state index in [0.717, 1.165) is 58.0 Å². The topological polar surface area (TPSA) is 41.0 Å². The predicted octanol–water partition coefficient (Wildman–Crippen LogP) is 0.892. The van der Waals surface area contributed by atoms with Crippen molar-refractivity contribution in [3.8, 4) is 0 Å². The van der Waals surface area contributed by atoms with Crippen molar-refractivity contribution in [2.75, 3.05) is 52.9 Å². The van der Waals surface area contributed by atoms with Crippen LogP contribution >= 0.6 is 0 Å². The van der Waals surface area contributed by atoms with Crippen LogP contribution in [0.3, 0.4) is 0 Å². The molecule has 0 spiro atoms. The van der Waals surface area contributed by atoms with Crippen LogP contribution in [0, 0.1) is 5.92 Å². The van der Waals surface area contributed by atoms with E-state index in [1.165, 1.54) is 6.42 Å². The molecule has 0 radical (unpaired) electrons. The Bertz CT molecular complexity index is 608. The van der Waals surface area contributed by atoms with E-state index in [2.05, 4.69) is 21.7 Å². The summed E-state index contributed by atoms with van der Waals surface area (Å²) in [5.74, 6) is 0.632. The van der Waals surface area contributed by atoms with Gasteiger partial charge >= 0.3 is 0 Å². The van der Waals surface area contributed by atoms with Crippen molar-refractivity contribution in [3.63, 3.8) is 0 Å². The van der Waals surface area contributed by atoms with Crippen molar-refractivity contribution in [2.45, 2.75) is 25.0 Å². The molecule has 0 bridgehead atoms. The molecule has 1 aromatic rings. The molecule has 0 aliphatic carbocycles. The maximum atomic E-state index is 13.1. The average molecular weight is 346 g/mol. The van der Waals surface area contributed by atoms with Gasteiger partial charge in [-0.2, -0.15) is 0 Å². The number of nitrogens with zero attached hydrogens (tertiary/aromatic N) is 4. The number of ether oxygens (including phenoxy) is 1. The average Bonchev–Trinajstić information content (AvgIpc) is 3.07. The minimum atomic E-state index is 0.163. The first kappa shape index (κ1) is 17.1. The molecule has 3 atom stereocenters. The van der Waals surface area contributed by atoms with Gasteiger partial charge in [-0.3, -0.25) is 9.69 Å². The summed E-state index contributed by atoms with van der Waals surface area (Å²) in [5, 5.41) is 0. The van der Waals surface area contributed by atoms with Gasteiger partial charge in [0, 0.05) is 65.0 Å². The maximum Gasteiger partial charge on any atom is 0.270 e. The number of fused-ring (bicyclic) bond motifs is 1. The molecule has 3 aliphatic heterocycles. The first-order chi connectivity index (χ1) is 12.1. The summed E-state index contributed by atoms with van der Waals surface area (Å²) < 4.78 is 8.15. The van der Waals surface area contributed by atoms with Crippen LogP contribution < -0.4 is 0 Å². The predicted molar refractivity (Wildman–Crippen MR) is 96.6 cm³/mol. The summed E-state index contributed by atoms with van der Waals surface area (Å²) in [7, 11) is 4.13. The van der Waals surface area contributed by atoms with E-state index >= 15 is 0 Å². The second kappa shape index (κ2) is 7.09. The summed E-state index contributed by atoms with van der Waals surface area (Å²) in [6.45, 7) is 6.82. The highest BCUT2D eigenvalue weighted by molar-refractivity contribution is 5.92. The van der Waals surface area contributed by atoms with E-state index in [-0.39, 0.29) is 12.0 Å². The fourth-order valence-electron chi connectivity index (χ4n) is 4.66. The van der Waals surface area contributed by atoms with E-state index < -0.39 is 0 Å².